The van der Waals surface area contributed by atoms with Crippen molar-refractivity contribution < 1.29 is 38.4 Å². The highest BCUT2D eigenvalue weighted by Crippen LogP contribution is 2.36. The van der Waals surface area contributed by atoms with Gasteiger partial charge in [0.15, 0.2) is 29.2 Å². The maximum absolute atomic E-state index is 12.4. The second kappa shape index (κ2) is 14.8. The van der Waals surface area contributed by atoms with Gasteiger partial charge < -0.3 is 39.4 Å². The molecular weight excluding hydrogens is 647 g/mol. The van der Waals surface area contributed by atoms with E-state index in [0.29, 0.717) is 40.9 Å². The number of esters is 1. The number of halogens is 1. The second-order valence-electron chi connectivity index (χ2n) is 9.12. The van der Waals surface area contributed by atoms with Gasteiger partial charge in [-0.1, -0.05) is 6.07 Å². The first-order valence-electron chi connectivity index (χ1n) is 12.8. The molecule has 2 amide bonds. The smallest absolute Gasteiger partial charge is 0.337 e. The van der Waals surface area contributed by atoms with Crippen molar-refractivity contribution in [3.63, 3.8) is 0 Å². The zero-order valence-electron chi connectivity index (χ0n) is 23.7. The first-order valence-corrected chi connectivity index (χ1v) is 13.9. The van der Waals surface area contributed by atoms with Crippen LogP contribution in [-0.2, 0) is 9.53 Å². The number of hydrazone groups is 1. The zero-order chi connectivity index (χ0) is 30.1. The molecule has 0 bridgehead atoms. The monoisotopic (exact) mass is 682 g/mol. The molecule has 41 heavy (non-hydrogen) atoms. The third-order valence-corrected chi connectivity index (χ3v) is 6.52. The summed E-state index contributed by atoms with van der Waals surface area (Å²) in [5.74, 6) is 1.41. The van der Waals surface area contributed by atoms with Crippen LogP contribution in [-0.4, -0.2) is 63.1 Å². The quantitative estimate of drug-likeness (QED) is 0.0818. The number of aliphatic hydroxyl groups is 1. The molecule has 3 rings (SSSR count). The van der Waals surface area contributed by atoms with Crippen LogP contribution < -0.4 is 35.0 Å². The van der Waals surface area contributed by atoms with Crippen LogP contribution in [0.2, 0.25) is 0 Å². The first-order chi connectivity index (χ1) is 19.6. The van der Waals surface area contributed by atoms with E-state index < -0.39 is 24.3 Å². The summed E-state index contributed by atoms with van der Waals surface area (Å²) >= 11 is 2.17. The molecule has 222 valence electrons. The minimum Gasteiger partial charge on any atom is -0.493 e. The Balaban J connectivity index is 1.69. The second-order valence-corrected chi connectivity index (χ2v) is 10.3. The number of methoxy groups -OCH3 is 2. The lowest BCUT2D eigenvalue weighted by atomic mass is 9.95. The van der Waals surface area contributed by atoms with E-state index in [1.807, 2.05) is 26.8 Å². The molecule has 0 unspecified atom stereocenters. The Bertz CT molecular complexity index is 1310. The third-order valence-electron chi connectivity index (χ3n) is 5.71. The Morgan fingerprint density at radius 3 is 2.59 bits per heavy atom. The number of amides is 2. The number of rotatable bonds is 13. The summed E-state index contributed by atoms with van der Waals surface area (Å²) in [6.07, 6.45) is 0.414. The summed E-state index contributed by atoms with van der Waals surface area (Å²) in [6.45, 7) is 7.52. The summed E-state index contributed by atoms with van der Waals surface area (Å²) in [6, 6.07) is 7.49. The predicted octanol–water partition coefficient (Wildman–Crippen LogP) is 3.61. The lowest BCUT2D eigenvalue weighted by Crippen LogP contribution is -2.45. The SMILES string of the molecule is CCOc1cc([C@@H]2NC(=O)NC(C)=C2C(=O)OC)ccc1OC[C@@H](O)N/N=C/c1cc(I)c(OC(C)C)c(OC)c1. The number of ether oxygens (including phenoxy) is 5. The summed E-state index contributed by atoms with van der Waals surface area (Å²) in [5, 5.41) is 19.8. The Hall–Kier alpha value is -3.72. The van der Waals surface area contributed by atoms with Crippen molar-refractivity contribution in [3.8, 4) is 23.0 Å². The summed E-state index contributed by atoms with van der Waals surface area (Å²) in [5.41, 5.74) is 4.63. The molecular formula is C28H35IN4O8. The normalized spacial score (nSPS) is 15.7. The molecule has 2 aromatic carbocycles. The lowest BCUT2D eigenvalue weighted by molar-refractivity contribution is -0.136. The minimum atomic E-state index is -1.13. The van der Waals surface area contributed by atoms with Gasteiger partial charge in [0.25, 0.3) is 0 Å². The van der Waals surface area contributed by atoms with Crippen molar-refractivity contribution in [3.05, 3.63) is 56.3 Å². The standard InChI is InChI=1S/C28H35IN4O8/c1-7-39-21-12-18(25-24(27(35)38-6)16(4)31-28(36)32-25)8-9-20(21)40-14-23(34)33-30-13-17-10-19(29)26(41-15(2)3)22(11-17)37-5/h8-13,15,23,25,33-34H,7,14H2,1-6H3,(H2,31,32,36)/b30-13+/t23-,25+/m1/s1. The molecule has 0 aliphatic carbocycles. The van der Waals surface area contributed by atoms with E-state index in [0.717, 1.165) is 9.13 Å². The van der Waals surface area contributed by atoms with E-state index in [9.17, 15) is 14.7 Å². The van der Waals surface area contributed by atoms with Gasteiger partial charge in [-0.15, -0.1) is 0 Å². The van der Waals surface area contributed by atoms with Crippen LogP contribution in [0, 0.1) is 3.57 Å². The maximum atomic E-state index is 12.4. The molecule has 0 saturated carbocycles. The van der Waals surface area contributed by atoms with E-state index in [1.54, 1.807) is 44.5 Å². The number of nitrogens with one attached hydrogen (secondary N) is 3. The number of allylic oxidation sites excluding steroid dienone is 1. The van der Waals surface area contributed by atoms with Crippen LogP contribution in [0.1, 0.15) is 44.9 Å². The summed E-state index contributed by atoms with van der Waals surface area (Å²) < 4.78 is 28.6. The largest absolute Gasteiger partial charge is 0.493 e. The average molecular weight is 683 g/mol. The Morgan fingerprint density at radius 1 is 1.17 bits per heavy atom. The molecule has 0 fully saturated rings. The fraction of sp³-hybridized carbons (Fsp3) is 0.393. The molecule has 0 saturated heterocycles. The molecule has 2 aromatic rings. The van der Waals surface area contributed by atoms with Gasteiger partial charge >= 0.3 is 12.0 Å². The summed E-state index contributed by atoms with van der Waals surface area (Å²) in [4.78, 5) is 24.5. The van der Waals surface area contributed by atoms with Gasteiger partial charge in [-0.2, -0.15) is 5.10 Å². The number of benzene rings is 2. The molecule has 1 aliphatic heterocycles. The fourth-order valence-electron chi connectivity index (χ4n) is 3.98. The average Bonchev–Trinajstić information content (AvgIpc) is 2.92. The Kier molecular flexibility index (Phi) is 11.5. The van der Waals surface area contributed by atoms with E-state index in [4.69, 9.17) is 23.7 Å². The van der Waals surface area contributed by atoms with Crippen LogP contribution in [0.5, 0.6) is 23.0 Å². The van der Waals surface area contributed by atoms with Gasteiger partial charge in [-0.05, 0) is 85.7 Å². The van der Waals surface area contributed by atoms with Gasteiger partial charge in [0, 0.05) is 5.70 Å². The van der Waals surface area contributed by atoms with Crippen LogP contribution >= 0.6 is 22.6 Å². The fourth-order valence-corrected chi connectivity index (χ4v) is 4.74. The molecule has 12 nitrogen and oxygen atoms in total. The molecule has 0 radical (unpaired) electrons. The van der Waals surface area contributed by atoms with E-state index >= 15 is 0 Å². The lowest BCUT2D eigenvalue weighted by Gasteiger charge is -2.28. The number of carbonyl (C=O) groups is 2. The van der Waals surface area contributed by atoms with Gasteiger partial charge in [-0.3, -0.25) is 5.43 Å². The number of nitrogens with zero attached hydrogens (tertiary/aromatic N) is 1. The van der Waals surface area contributed by atoms with Gasteiger partial charge in [-0.25, -0.2) is 9.59 Å². The van der Waals surface area contributed by atoms with Crippen molar-refractivity contribution >= 4 is 40.8 Å². The highest BCUT2D eigenvalue weighted by Gasteiger charge is 2.32. The van der Waals surface area contributed by atoms with Gasteiger partial charge in [0.05, 0.1) is 48.3 Å². The topological polar surface area (TPSA) is 149 Å². The molecule has 1 heterocycles. The molecule has 1 aliphatic rings. The van der Waals surface area contributed by atoms with Crippen molar-refractivity contribution in [1.29, 1.82) is 0 Å². The van der Waals surface area contributed by atoms with Crippen LogP contribution in [0.15, 0.2) is 46.7 Å². The number of aliphatic hydroxyl groups excluding tert-OH is 1. The molecule has 2 atom stereocenters. The van der Waals surface area contributed by atoms with Crippen molar-refractivity contribution in [1.82, 2.24) is 16.1 Å². The highest BCUT2D eigenvalue weighted by atomic mass is 127. The molecule has 0 aromatic heterocycles. The summed E-state index contributed by atoms with van der Waals surface area (Å²) in [7, 11) is 2.85. The Labute approximate surface area is 252 Å². The van der Waals surface area contributed by atoms with Gasteiger partial charge in [0.2, 0.25) is 0 Å². The molecule has 0 spiro atoms. The minimum absolute atomic E-state index is 0.00279. The van der Waals surface area contributed by atoms with Crippen LogP contribution in [0.3, 0.4) is 0 Å². The Morgan fingerprint density at radius 2 is 1.93 bits per heavy atom. The predicted molar refractivity (Wildman–Crippen MR) is 160 cm³/mol. The number of carbonyl (C=O) groups excluding carboxylic acids is 2. The van der Waals surface area contributed by atoms with Crippen LogP contribution in [0.25, 0.3) is 0 Å². The number of urea groups is 1. The number of hydrogen-bond acceptors (Lipinski definition) is 10. The van der Waals surface area contributed by atoms with Gasteiger partial charge in [0.1, 0.15) is 6.61 Å². The van der Waals surface area contributed by atoms with Crippen molar-refractivity contribution in [2.45, 2.75) is 46.1 Å². The molecule has 13 heteroatoms. The first kappa shape index (κ1) is 31.8. The van der Waals surface area contributed by atoms with Crippen LogP contribution in [0.4, 0.5) is 4.79 Å². The third kappa shape index (κ3) is 8.39. The highest BCUT2D eigenvalue weighted by molar-refractivity contribution is 14.1. The number of hydrogen-bond donors (Lipinski definition) is 4. The molecule has 4 N–H and O–H groups in total. The van der Waals surface area contributed by atoms with E-state index in [1.165, 1.54) is 7.11 Å². The van der Waals surface area contributed by atoms with Crippen molar-refractivity contribution in [2.75, 3.05) is 27.4 Å². The zero-order valence-corrected chi connectivity index (χ0v) is 25.9. The van der Waals surface area contributed by atoms with E-state index in [-0.39, 0.29) is 18.3 Å². The van der Waals surface area contributed by atoms with E-state index in [2.05, 4.69) is 43.8 Å². The maximum Gasteiger partial charge on any atom is 0.337 e. The van der Waals surface area contributed by atoms with Crippen molar-refractivity contribution in [2.24, 2.45) is 5.10 Å².